The number of benzene rings is 2. The molecular formula is C25H28N4O4S. The van der Waals surface area contributed by atoms with Gasteiger partial charge in [0.2, 0.25) is 0 Å². The third-order valence-electron chi connectivity index (χ3n) is 5.92. The van der Waals surface area contributed by atoms with Gasteiger partial charge in [-0.15, -0.1) is 0 Å². The van der Waals surface area contributed by atoms with Gasteiger partial charge in [-0.05, 0) is 49.6 Å². The highest BCUT2D eigenvalue weighted by Gasteiger charge is 2.23. The minimum atomic E-state index is -3.30. The fourth-order valence-corrected chi connectivity index (χ4v) is 4.73. The van der Waals surface area contributed by atoms with Gasteiger partial charge in [0.25, 0.3) is 5.91 Å². The Balaban J connectivity index is 1.46. The van der Waals surface area contributed by atoms with Crippen LogP contribution in [0.3, 0.4) is 0 Å². The SMILES string of the molecule is C[C@H]1CC(c2cnc(N)c(-c3ccc(C(=O)NCc4cccc(S(C)(=O)=O)c4)cc3)n2)CCO1. The zero-order valence-electron chi connectivity index (χ0n) is 19.2. The molecular weight excluding hydrogens is 452 g/mol. The minimum absolute atomic E-state index is 0.188. The van der Waals surface area contributed by atoms with Crippen LogP contribution in [0.4, 0.5) is 5.82 Å². The van der Waals surface area contributed by atoms with Crippen LogP contribution in [0.1, 0.15) is 47.3 Å². The van der Waals surface area contributed by atoms with Gasteiger partial charge in [-0.2, -0.15) is 0 Å². The molecule has 1 amide bonds. The van der Waals surface area contributed by atoms with Gasteiger partial charge < -0.3 is 15.8 Å². The largest absolute Gasteiger partial charge is 0.382 e. The van der Waals surface area contributed by atoms with Crippen molar-refractivity contribution in [3.8, 4) is 11.3 Å². The van der Waals surface area contributed by atoms with Crippen LogP contribution in [-0.4, -0.2) is 43.3 Å². The Morgan fingerprint density at radius 1 is 1.21 bits per heavy atom. The van der Waals surface area contributed by atoms with Crippen LogP contribution in [-0.2, 0) is 21.1 Å². The standard InChI is InChI=1S/C25H28N4O4S/c1-16-12-20(10-11-33-16)22-15-27-24(26)23(29-22)18-6-8-19(9-7-18)25(30)28-14-17-4-3-5-21(13-17)34(2,31)32/h3-9,13,15-16,20H,10-12,14H2,1-2H3,(H2,26,27)(H,28,30)/t16-,20?/m0/s1. The molecule has 4 rings (SSSR count). The van der Waals surface area contributed by atoms with Gasteiger partial charge >= 0.3 is 0 Å². The third-order valence-corrected chi connectivity index (χ3v) is 7.03. The van der Waals surface area contributed by atoms with E-state index in [1.165, 1.54) is 6.07 Å². The van der Waals surface area contributed by atoms with Gasteiger partial charge in [0.15, 0.2) is 9.84 Å². The first-order valence-electron chi connectivity index (χ1n) is 11.1. The Labute approximate surface area is 199 Å². The Bertz CT molecular complexity index is 1290. The molecule has 0 saturated carbocycles. The Morgan fingerprint density at radius 3 is 2.68 bits per heavy atom. The third kappa shape index (κ3) is 5.60. The molecule has 2 heterocycles. The van der Waals surface area contributed by atoms with Crippen molar-refractivity contribution in [1.29, 1.82) is 0 Å². The summed E-state index contributed by atoms with van der Waals surface area (Å²) in [5, 5.41) is 2.82. The number of carbonyl (C=O) groups excluding carboxylic acids is 1. The second kappa shape index (κ2) is 9.90. The van der Waals surface area contributed by atoms with Crippen LogP contribution >= 0.6 is 0 Å². The summed E-state index contributed by atoms with van der Waals surface area (Å²) in [4.78, 5) is 22.0. The molecule has 8 nitrogen and oxygen atoms in total. The van der Waals surface area contributed by atoms with E-state index >= 15 is 0 Å². The zero-order chi connectivity index (χ0) is 24.3. The monoisotopic (exact) mass is 480 g/mol. The summed E-state index contributed by atoms with van der Waals surface area (Å²) in [5.74, 6) is 0.356. The molecule has 0 spiro atoms. The van der Waals surface area contributed by atoms with E-state index in [9.17, 15) is 13.2 Å². The van der Waals surface area contributed by atoms with E-state index in [-0.39, 0.29) is 29.4 Å². The summed E-state index contributed by atoms with van der Waals surface area (Å²) < 4.78 is 29.1. The van der Waals surface area contributed by atoms with Gasteiger partial charge in [-0.25, -0.2) is 18.4 Å². The number of hydrogen-bond donors (Lipinski definition) is 2. The summed E-state index contributed by atoms with van der Waals surface area (Å²) in [6.45, 7) is 2.98. The molecule has 1 fully saturated rings. The Hall–Kier alpha value is -3.30. The number of anilines is 1. The van der Waals surface area contributed by atoms with Crippen LogP contribution in [0.5, 0.6) is 0 Å². The van der Waals surface area contributed by atoms with Gasteiger partial charge in [0, 0.05) is 36.5 Å². The maximum absolute atomic E-state index is 12.6. The summed E-state index contributed by atoms with van der Waals surface area (Å²) >= 11 is 0. The molecule has 1 unspecified atom stereocenters. The van der Waals surface area contributed by atoms with Crippen molar-refractivity contribution < 1.29 is 17.9 Å². The van der Waals surface area contributed by atoms with Crippen molar-refractivity contribution in [2.45, 2.75) is 43.2 Å². The van der Waals surface area contributed by atoms with Crippen molar-refractivity contribution in [3.63, 3.8) is 0 Å². The number of carbonyl (C=O) groups is 1. The maximum Gasteiger partial charge on any atom is 0.251 e. The average Bonchev–Trinajstić information content (AvgIpc) is 2.82. The van der Waals surface area contributed by atoms with Gasteiger partial charge in [-0.1, -0.05) is 24.3 Å². The first-order chi connectivity index (χ1) is 16.2. The number of nitrogens with two attached hydrogens (primary N) is 1. The number of nitrogen functional groups attached to an aromatic ring is 1. The van der Waals surface area contributed by atoms with E-state index in [0.29, 0.717) is 29.2 Å². The van der Waals surface area contributed by atoms with E-state index in [1.807, 2.05) is 0 Å². The van der Waals surface area contributed by atoms with Crippen molar-refractivity contribution in [3.05, 3.63) is 71.5 Å². The Morgan fingerprint density at radius 2 is 1.97 bits per heavy atom. The molecule has 34 heavy (non-hydrogen) atoms. The zero-order valence-corrected chi connectivity index (χ0v) is 20.0. The van der Waals surface area contributed by atoms with E-state index in [1.54, 1.807) is 48.7 Å². The summed E-state index contributed by atoms with van der Waals surface area (Å²) in [7, 11) is -3.30. The van der Waals surface area contributed by atoms with Gasteiger partial charge in [-0.3, -0.25) is 4.79 Å². The second-order valence-corrected chi connectivity index (χ2v) is 10.6. The van der Waals surface area contributed by atoms with Crippen LogP contribution in [0.25, 0.3) is 11.3 Å². The number of nitrogens with one attached hydrogen (secondary N) is 1. The molecule has 2 atom stereocenters. The minimum Gasteiger partial charge on any atom is -0.382 e. The van der Waals surface area contributed by atoms with Crippen molar-refractivity contribution >= 4 is 21.6 Å². The van der Waals surface area contributed by atoms with Crippen molar-refractivity contribution in [2.75, 3.05) is 18.6 Å². The van der Waals surface area contributed by atoms with Gasteiger partial charge in [0.1, 0.15) is 11.5 Å². The Kier molecular flexibility index (Phi) is 6.95. The number of nitrogens with zero attached hydrogens (tertiary/aromatic N) is 2. The first kappa shape index (κ1) is 23.8. The molecule has 1 aliphatic rings. The lowest BCUT2D eigenvalue weighted by Crippen LogP contribution is -2.23. The lowest BCUT2D eigenvalue weighted by Gasteiger charge is -2.27. The van der Waals surface area contributed by atoms with Crippen molar-refractivity contribution in [1.82, 2.24) is 15.3 Å². The molecule has 0 radical (unpaired) electrons. The number of aromatic nitrogens is 2. The molecule has 3 N–H and O–H groups in total. The van der Waals surface area contributed by atoms with Crippen LogP contribution < -0.4 is 11.1 Å². The lowest BCUT2D eigenvalue weighted by atomic mass is 9.93. The second-order valence-electron chi connectivity index (χ2n) is 8.61. The molecule has 0 aliphatic carbocycles. The van der Waals surface area contributed by atoms with E-state index in [2.05, 4.69) is 17.2 Å². The predicted octanol–water partition coefficient (Wildman–Crippen LogP) is 3.34. The quantitative estimate of drug-likeness (QED) is 0.554. The molecule has 1 aliphatic heterocycles. The molecule has 9 heteroatoms. The number of amides is 1. The predicted molar refractivity (Wildman–Crippen MR) is 130 cm³/mol. The summed E-state index contributed by atoms with van der Waals surface area (Å²) in [5.41, 5.74) is 9.57. The molecule has 1 saturated heterocycles. The van der Waals surface area contributed by atoms with E-state index < -0.39 is 9.84 Å². The molecule has 1 aromatic heterocycles. The lowest BCUT2D eigenvalue weighted by molar-refractivity contribution is 0.0179. The highest BCUT2D eigenvalue weighted by atomic mass is 32.2. The van der Waals surface area contributed by atoms with Crippen LogP contribution in [0.2, 0.25) is 0 Å². The molecule has 2 aromatic carbocycles. The molecule has 0 bridgehead atoms. The average molecular weight is 481 g/mol. The van der Waals surface area contributed by atoms with Gasteiger partial charge in [0.05, 0.1) is 22.9 Å². The van der Waals surface area contributed by atoms with Crippen LogP contribution in [0.15, 0.2) is 59.6 Å². The van der Waals surface area contributed by atoms with E-state index in [4.69, 9.17) is 15.5 Å². The fourth-order valence-electron chi connectivity index (χ4n) is 4.04. The number of rotatable bonds is 6. The summed E-state index contributed by atoms with van der Waals surface area (Å²) in [6.07, 6.45) is 4.87. The van der Waals surface area contributed by atoms with E-state index in [0.717, 1.165) is 30.4 Å². The number of ether oxygens (including phenoxy) is 1. The van der Waals surface area contributed by atoms with Crippen molar-refractivity contribution in [2.24, 2.45) is 0 Å². The smallest absolute Gasteiger partial charge is 0.251 e. The van der Waals surface area contributed by atoms with Crippen LogP contribution in [0, 0.1) is 0 Å². The fraction of sp³-hybridized carbons (Fsp3) is 0.320. The maximum atomic E-state index is 12.6. The number of sulfone groups is 1. The molecule has 3 aromatic rings. The highest BCUT2D eigenvalue weighted by Crippen LogP contribution is 2.31. The normalized spacial score (nSPS) is 18.4. The number of hydrogen-bond acceptors (Lipinski definition) is 7. The topological polar surface area (TPSA) is 124 Å². The first-order valence-corrected chi connectivity index (χ1v) is 13.0. The molecule has 178 valence electrons. The summed E-state index contributed by atoms with van der Waals surface area (Å²) in [6, 6.07) is 13.5. The highest BCUT2D eigenvalue weighted by molar-refractivity contribution is 7.90.